The molecule has 6 heteroatoms. The van der Waals surface area contributed by atoms with Crippen molar-refractivity contribution in [3.05, 3.63) is 0 Å². The highest BCUT2D eigenvalue weighted by molar-refractivity contribution is 4.90. The van der Waals surface area contributed by atoms with Crippen LogP contribution in [0.15, 0.2) is 0 Å². The van der Waals surface area contributed by atoms with Crippen LogP contribution in [0.3, 0.4) is 0 Å². The van der Waals surface area contributed by atoms with Crippen molar-refractivity contribution >= 4 is 0 Å². The summed E-state index contributed by atoms with van der Waals surface area (Å²) in [5, 5.41) is 0. The predicted molar refractivity (Wildman–Crippen MR) is 135 cm³/mol. The topological polar surface area (TPSA) is 13.0 Å². The standard InChI is InChI=1S/C10H19FN2.C9H19FN2.3C2H6/c1-2-12-7-4-10(9(11)8-12)13-5-3-6-13;1-4-12-6-5-9(11(2)3)8(10)7-12;3*1-2/h9-10H,2-8H2,1H3;8-9H,4-7H2,1-3H3;3*1-2H3. The minimum Gasteiger partial charge on any atom is -0.303 e. The second-order valence-corrected chi connectivity index (χ2v) is 7.88. The summed E-state index contributed by atoms with van der Waals surface area (Å²) in [6.45, 7) is 23.8. The van der Waals surface area contributed by atoms with Gasteiger partial charge in [0.25, 0.3) is 0 Å². The van der Waals surface area contributed by atoms with Crippen LogP contribution in [-0.4, -0.2) is 110 Å². The molecule has 0 saturated carbocycles. The molecule has 4 unspecified atom stereocenters. The molecule has 0 aromatic heterocycles. The molecule has 0 aromatic rings. The summed E-state index contributed by atoms with van der Waals surface area (Å²) in [5.74, 6) is 0. The van der Waals surface area contributed by atoms with Gasteiger partial charge in [0.15, 0.2) is 0 Å². The van der Waals surface area contributed by atoms with E-state index in [0.29, 0.717) is 13.1 Å². The van der Waals surface area contributed by atoms with Gasteiger partial charge in [-0.15, -0.1) is 0 Å². The van der Waals surface area contributed by atoms with Crippen molar-refractivity contribution in [3.8, 4) is 0 Å². The molecule has 0 radical (unpaired) electrons. The van der Waals surface area contributed by atoms with Crippen molar-refractivity contribution in [3.63, 3.8) is 0 Å². The molecule has 0 spiro atoms. The van der Waals surface area contributed by atoms with Gasteiger partial charge in [-0.2, -0.15) is 0 Å². The average Bonchev–Trinajstić information content (AvgIpc) is 2.78. The van der Waals surface area contributed by atoms with Crippen LogP contribution >= 0.6 is 0 Å². The third kappa shape index (κ3) is 11.9. The second kappa shape index (κ2) is 20.3. The Morgan fingerprint density at radius 1 is 0.710 bits per heavy atom. The van der Waals surface area contributed by atoms with Crippen molar-refractivity contribution in [2.24, 2.45) is 0 Å². The lowest BCUT2D eigenvalue weighted by Gasteiger charge is -2.44. The van der Waals surface area contributed by atoms with Gasteiger partial charge in [-0.25, -0.2) is 8.78 Å². The lowest BCUT2D eigenvalue weighted by Crippen LogP contribution is -2.56. The Morgan fingerprint density at radius 3 is 1.48 bits per heavy atom. The van der Waals surface area contributed by atoms with E-state index in [-0.39, 0.29) is 12.1 Å². The molecule has 3 fully saturated rings. The third-order valence-corrected chi connectivity index (χ3v) is 6.10. The molecular weight excluding hydrogens is 394 g/mol. The summed E-state index contributed by atoms with van der Waals surface area (Å²) in [7, 11) is 3.91. The molecular formula is C25H56F2N4. The molecule has 0 bridgehead atoms. The molecule has 4 atom stereocenters. The molecule has 3 saturated heterocycles. The highest BCUT2D eigenvalue weighted by Crippen LogP contribution is 2.23. The van der Waals surface area contributed by atoms with Crippen LogP contribution in [0.1, 0.15) is 74.7 Å². The monoisotopic (exact) mass is 450 g/mol. The van der Waals surface area contributed by atoms with Gasteiger partial charge in [-0.1, -0.05) is 55.4 Å². The Balaban J connectivity index is 0. The largest absolute Gasteiger partial charge is 0.303 e. The lowest BCUT2D eigenvalue weighted by molar-refractivity contribution is 0.00566. The van der Waals surface area contributed by atoms with E-state index in [1.807, 2.05) is 60.5 Å². The first-order valence-corrected chi connectivity index (χ1v) is 13.1. The normalized spacial score (nSPS) is 28.9. The molecule has 3 rings (SSSR count). The Hall–Kier alpha value is -0.300. The Labute approximate surface area is 194 Å². The molecule has 3 aliphatic heterocycles. The maximum atomic E-state index is 13.7. The number of rotatable bonds is 4. The molecule has 0 amide bonds. The molecule has 0 aliphatic carbocycles. The zero-order valence-corrected chi connectivity index (χ0v) is 22.6. The summed E-state index contributed by atoms with van der Waals surface area (Å²) in [4.78, 5) is 8.68. The first-order chi connectivity index (χ1) is 15.0. The third-order valence-electron chi connectivity index (χ3n) is 6.10. The first-order valence-electron chi connectivity index (χ1n) is 13.1. The summed E-state index contributed by atoms with van der Waals surface area (Å²) in [6.07, 6.45) is 1.96. The van der Waals surface area contributed by atoms with Gasteiger partial charge in [0.1, 0.15) is 12.3 Å². The van der Waals surface area contributed by atoms with Crippen LogP contribution in [0.5, 0.6) is 0 Å². The summed E-state index contributed by atoms with van der Waals surface area (Å²) < 4.78 is 27.1. The van der Waals surface area contributed by atoms with E-state index in [9.17, 15) is 8.78 Å². The quantitative estimate of drug-likeness (QED) is 0.585. The fourth-order valence-corrected chi connectivity index (χ4v) is 4.15. The number of alkyl halides is 2. The minimum absolute atomic E-state index is 0.132. The zero-order valence-electron chi connectivity index (χ0n) is 22.6. The maximum Gasteiger partial charge on any atom is 0.128 e. The van der Waals surface area contributed by atoms with Gasteiger partial charge in [0.05, 0.1) is 0 Å². The number of hydrogen-bond acceptors (Lipinski definition) is 4. The van der Waals surface area contributed by atoms with Crippen LogP contribution in [0.25, 0.3) is 0 Å². The zero-order chi connectivity index (χ0) is 24.4. The summed E-state index contributed by atoms with van der Waals surface area (Å²) >= 11 is 0. The van der Waals surface area contributed by atoms with Crippen LogP contribution < -0.4 is 0 Å². The average molecular weight is 451 g/mol. The summed E-state index contributed by atoms with van der Waals surface area (Å²) in [6, 6.07) is 0.365. The number of likely N-dealkylation sites (tertiary alicyclic amines) is 3. The predicted octanol–water partition coefficient (Wildman–Crippen LogP) is 5.18. The van der Waals surface area contributed by atoms with Crippen molar-refractivity contribution < 1.29 is 8.78 Å². The van der Waals surface area contributed by atoms with E-state index in [0.717, 1.165) is 52.1 Å². The second-order valence-electron chi connectivity index (χ2n) is 7.88. The highest BCUT2D eigenvalue weighted by Gasteiger charge is 2.35. The van der Waals surface area contributed by atoms with Crippen molar-refractivity contribution in [2.75, 3.05) is 66.5 Å². The molecule has 0 aromatic carbocycles. The fraction of sp³-hybridized carbons (Fsp3) is 1.00. The van der Waals surface area contributed by atoms with Gasteiger partial charge in [0, 0.05) is 25.2 Å². The van der Waals surface area contributed by atoms with Gasteiger partial charge < -0.3 is 14.7 Å². The van der Waals surface area contributed by atoms with Crippen LogP contribution in [0, 0.1) is 0 Å². The number of halogens is 2. The fourth-order valence-electron chi connectivity index (χ4n) is 4.15. The van der Waals surface area contributed by atoms with Crippen LogP contribution in [0.2, 0.25) is 0 Å². The van der Waals surface area contributed by atoms with Crippen molar-refractivity contribution in [1.29, 1.82) is 0 Å². The minimum atomic E-state index is -0.673. The van der Waals surface area contributed by atoms with E-state index in [2.05, 4.69) is 28.5 Å². The summed E-state index contributed by atoms with van der Waals surface area (Å²) in [5.41, 5.74) is 0. The van der Waals surface area contributed by atoms with E-state index in [4.69, 9.17) is 0 Å². The van der Waals surface area contributed by atoms with E-state index in [1.54, 1.807) is 0 Å². The Morgan fingerprint density at radius 2 is 1.16 bits per heavy atom. The van der Waals surface area contributed by atoms with Crippen molar-refractivity contribution in [2.45, 2.75) is 99.1 Å². The Kier molecular flexibility index (Phi) is 21.5. The van der Waals surface area contributed by atoms with Crippen molar-refractivity contribution in [1.82, 2.24) is 19.6 Å². The molecule has 31 heavy (non-hydrogen) atoms. The number of nitrogens with zero attached hydrogens (tertiary/aromatic N) is 4. The first kappa shape index (κ1) is 32.9. The molecule has 4 nitrogen and oxygen atoms in total. The van der Waals surface area contributed by atoms with Crippen LogP contribution in [-0.2, 0) is 0 Å². The molecule has 0 N–H and O–H groups in total. The van der Waals surface area contributed by atoms with E-state index < -0.39 is 12.3 Å². The van der Waals surface area contributed by atoms with Crippen LogP contribution in [0.4, 0.5) is 8.78 Å². The molecule has 3 aliphatic rings. The van der Waals surface area contributed by atoms with Gasteiger partial charge in [-0.3, -0.25) is 4.90 Å². The SMILES string of the molecule is CC.CC.CC.CCN1CCC(N(C)C)C(F)C1.CCN1CCC(N2CCC2)C(F)C1. The van der Waals surface area contributed by atoms with Gasteiger partial charge >= 0.3 is 0 Å². The smallest absolute Gasteiger partial charge is 0.128 e. The highest BCUT2D eigenvalue weighted by atomic mass is 19.1. The number of piperidine rings is 2. The Bertz CT molecular complexity index is 381. The van der Waals surface area contributed by atoms with E-state index >= 15 is 0 Å². The lowest BCUT2D eigenvalue weighted by atomic mass is 9.98. The van der Waals surface area contributed by atoms with E-state index in [1.165, 1.54) is 6.42 Å². The van der Waals surface area contributed by atoms with Gasteiger partial charge in [-0.05, 0) is 72.6 Å². The number of hydrogen-bond donors (Lipinski definition) is 0. The molecule has 3 heterocycles. The molecule has 190 valence electrons. The maximum absolute atomic E-state index is 13.7. The van der Waals surface area contributed by atoms with Gasteiger partial charge in [0.2, 0.25) is 0 Å².